The summed E-state index contributed by atoms with van der Waals surface area (Å²) in [4.78, 5) is 12.9. The third-order valence-corrected chi connectivity index (χ3v) is 5.95. The first-order valence-electron chi connectivity index (χ1n) is 9.88. The van der Waals surface area contributed by atoms with Crippen molar-refractivity contribution in [1.82, 2.24) is 9.78 Å². The number of halogens is 2. The average Bonchev–Trinajstić information content (AvgIpc) is 3.04. The van der Waals surface area contributed by atoms with Crippen LogP contribution in [0.15, 0.2) is 72.8 Å². The Labute approximate surface area is 191 Å². The molecule has 3 aromatic carbocycles. The highest BCUT2D eigenvalue weighted by atomic mass is 35.5. The van der Waals surface area contributed by atoms with Crippen LogP contribution >= 0.6 is 23.2 Å². The highest BCUT2D eigenvalue weighted by Gasteiger charge is 2.17. The van der Waals surface area contributed by atoms with Gasteiger partial charge in [-0.3, -0.25) is 9.48 Å². The molecule has 156 valence electrons. The number of nitrogens with one attached hydrogen (secondary N) is 1. The second kappa shape index (κ2) is 8.96. The number of hydrogen-bond acceptors (Lipinski definition) is 2. The molecule has 0 fully saturated rings. The van der Waals surface area contributed by atoms with Gasteiger partial charge < -0.3 is 5.32 Å². The van der Waals surface area contributed by atoms with Gasteiger partial charge in [0.05, 0.1) is 23.6 Å². The maximum absolute atomic E-state index is 12.9. The Morgan fingerprint density at radius 2 is 1.48 bits per heavy atom. The van der Waals surface area contributed by atoms with E-state index in [0.29, 0.717) is 27.8 Å². The number of anilines is 1. The minimum atomic E-state index is -0.180. The van der Waals surface area contributed by atoms with E-state index in [4.69, 9.17) is 23.2 Å². The molecule has 0 spiro atoms. The van der Waals surface area contributed by atoms with Gasteiger partial charge in [0.15, 0.2) is 0 Å². The van der Waals surface area contributed by atoms with E-state index in [0.717, 1.165) is 28.1 Å². The molecule has 31 heavy (non-hydrogen) atoms. The van der Waals surface area contributed by atoms with Crippen LogP contribution in [0.1, 0.15) is 27.3 Å². The number of carbonyl (C=O) groups is 1. The normalized spacial score (nSPS) is 10.8. The minimum Gasteiger partial charge on any atom is -0.319 e. The molecule has 1 amide bonds. The van der Waals surface area contributed by atoms with E-state index in [2.05, 4.69) is 10.4 Å². The number of hydrogen-bond donors (Lipinski definition) is 1. The second-order valence-electron chi connectivity index (χ2n) is 7.30. The molecule has 1 aromatic heterocycles. The Kier molecular flexibility index (Phi) is 6.12. The smallest absolute Gasteiger partial charge is 0.255 e. The van der Waals surface area contributed by atoms with Crippen LogP contribution in [0.25, 0.3) is 11.1 Å². The Morgan fingerprint density at radius 3 is 2.13 bits per heavy atom. The first-order valence-corrected chi connectivity index (χ1v) is 10.6. The first kappa shape index (κ1) is 21.2. The molecule has 4 nitrogen and oxygen atoms in total. The van der Waals surface area contributed by atoms with E-state index in [1.807, 2.05) is 74.5 Å². The standard InChI is InChI=1S/C25H21Cl2N3O/c1-16-24(17(2)30(29-16)15-21-22(26)9-6-10-23(21)27)28-25(31)20-13-11-19(12-14-20)18-7-4-3-5-8-18/h3-14H,15H2,1-2H3,(H,28,31). The molecule has 4 rings (SSSR count). The summed E-state index contributed by atoms with van der Waals surface area (Å²) in [6.07, 6.45) is 0. The molecule has 0 aliphatic rings. The van der Waals surface area contributed by atoms with Crippen molar-refractivity contribution in [3.8, 4) is 11.1 Å². The van der Waals surface area contributed by atoms with Crippen molar-refractivity contribution in [2.45, 2.75) is 20.4 Å². The quantitative estimate of drug-likeness (QED) is 0.365. The van der Waals surface area contributed by atoms with Crippen molar-refractivity contribution in [3.63, 3.8) is 0 Å². The maximum atomic E-state index is 12.9. The van der Waals surface area contributed by atoms with Gasteiger partial charge in [-0.1, -0.05) is 71.7 Å². The van der Waals surface area contributed by atoms with Crippen LogP contribution in [0.4, 0.5) is 5.69 Å². The van der Waals surface area contributed by atoms with Gasteiger partial charge in [0.25, 0.3) is 5.91 Å². The Hall–Kier alpha value is -3.08. The predicted octanol–water partition coefficient (Wildman–Crippen LogP) is 6.77. The van der Waals surface area contributed by atoms with E-state index in [1.165, 1.54) is 0 Å². The van der Waals surface area contributed by atoms with E-state index < -0.39 is 0 Å². The number of aryl methyl sites for hydroxylation is 1. The third-order valence-electron chi connectivity index (χ3n) is 5.24. The van der Waals surface area contributed by atoms with E-state index in [1.54, 1.807) is 16.8 Å². The van der Waals surface area contributed by atoms with E-state index in [9.17, 15) is 4.79 Å². The summed E-state index contributed by atoms with van der Waals surface area (Å²) in [6.45, 7) is 4.21. The Morgan fingerprint density at radius 1 is 0.871 bits per heavy atom. The van der Waals surface area contributed by atoms with Crippen LogP contribution in [0.3, 0.4) is 0 Å². The van der Waals surface area contributed by atoms with Crippen LogP contribution < -0.4 is 5.32 Å². The number of carbonyl (C=O) groups excluding carboxylic acids is 1. The van der Waals surface area contributed by atoms with Crippen molar-refractivity contribution in [2.24, 2.45) is 0 Å². The average molecular weight is 450 g/mol. The van der Waals surface area contributed by atoms with Gasteiger partial charge >= 0.3 is 0 Å². The Bertz CT molecular complexity index is 1210. The fourth-order valence-corrected chi connectivity index (χ4v) is 4.01. The molecule has 0 bridgehead atoms. The van der Waals surface area contributed by atoms with Crippen LogP contribution in [0, 0.1) is 13.8 Å². The zero-order valence-electron chi connectivity index (χ0n) is 17.2. The molecule has 4 aromatic rings. The number of amides is 1. The lowest BCUT2D eigenvalue weighted by Crippen LogP contribution is -2.13. The summed E-state index contributed by atoms with van der Waals surface area (Å²) in [5.41, 5.74) is 5.82. The zero-order valence-corrected chi connectivity index (χ0v) is 18.7. The third kappa shape index (κ3) is 4.50. The van der Waals surface area contributed by atoms with Gasteiger partial charge in [0, 0.05) is 21.2 Å². The van der Waals surface area contributed by atoms with Crippen molar-refractivity contribution in [3.05, 3.63) is 105 Å². The lowest BCUT2D eigenvalue weighted by molar-refractivity contribution is 0.102. The molecular weight excluding hydrogens is 429 g/mol. The van der Waals surface area contributed by atoms with Crippen molar-refractivity contribution >= 4 is 34.8 Å². The summed E-state index contributed by atoms with van der Waals surface area (Å²) >= 11 is 12.6. The molecule has 1 heterocycles. The van der Waals surface area contributed by atoms with Crippen LogP contribution in [-0.2, 0) is 6.54 Å². The molecular formula is C25H21Cl2N3O. The topological polar surface area (TPSA) is 46.9 Å². The zero-order chi connectivity index (χ0) is 22.0. The number of benzene rings is 3. The fraction of sp³-hybridized carbons (Fsp3) is 0.120. The van der Waals surface area contributed by atoms with Gasteiger partial charge in [-0.2, -0.15) is 5.10 Å². The van der Waals surface area contributed by atoms with Gasteiger partial charge in [0.1, 0.15) is 0 Å². The molecule has 0 unspecified atom stereocenters. The SMILES string of the molecule is Cc1nn(Cc2c(Cl)cccc2Cl)c(C)c1NC(=O)c1ccc(-c2ccccc2)cc1. The summed E-state index contributed by atoms with van der Waals surface area (Å²) in [5.74, 6) is -0.180. The van der Waals surface area contributed by atoms with Gasteiger partial charge in [-0.15, -0.1) is 0 Å². The van der Waals surface area contributed by atoms with Crippen LogP contribution in [-0.4, -0.2) is 15.7 Å². The molecule has 0 saturated carbocycles. The number of rotatable bonds is 5. The lowest BCUT2D eigenvalue weighted by Gasteiger charge is -2.10. The summed E-state index contributed by atoms with van der Waals surface area (Å²) in [6, 6.07) is 23.0. The van der Waals surface area contributed by atoms with E-state index in [-0.39, 0.29) is 5.91 Å². The summed E-state index contributed by atoms with van der Waals surface area (Å²) in [7, 11) is 0. The van der Waals surface area contributed by atoms with Crippen LogP contribution in [0.5, 0.6) is 0 Å². The highest BCUT2D eigenvalue weighted by Crippen LogP contribution is 2.28. The maximum Gasteiger partial charge on any atom is 0.255 e. The number of nitrogens with zero attached hydrogens (tertiary/aromatic N) is 2. The van der Waals surface area contributed by atoms with Gasteiger partial charge in [-0.25, -0.2) is 0 Å². The van der Waals surface area contributed by atoms with Crippen molar-refractivity contribution in [1.29, 1.82) is 0 Å². The van der Waals surface area contributed by atoms with Crippen molar-refractivity contribution in [2.75, 3.05) is 5.32 Å². The highest BCUT2D eigenvalue weighted by molar-refractivity contribution is 6.36. The molecule has 0 radical (unpaired) electrons. The summed E-state index contributed by atoms with van der Waals surface area (Å²) < 4.78 is 1.80. The van der Waals surface area contributed by atoms with Crippen molar-refractivity contribution < 1.29 is 4.79 Å². The number of aromatic nitrogens is 2. The lowest BCUT2D eigenvalue weighted by atomic mass is 10.0. The van der Waals surface area contributed by atoms with Gasteiger partial charge in [0.2, 0.25) is 0 Å². The molecule has 0 atom stereocenters. The molecule has 6 heteroatoms. The van der Waals surface area contributed by atoms with Crippen LogP contribution in [0.2, 0.25) is 10.0 Å². The molecule has 0 aliphatic heterocycles. The fourth-order valence-electron chi connectivity index (χ4n) is 3.50. The summed E-state index contributed by atoms with van der Waals surface area (Å²) in [5, 5.41) is 8.75. The largest absolute Gasteiger partial charge is 0.319 e. The molecule has 1 N–H and O–H groups in total. The molecule has 0 saturated heterocycles. The second-order valence-corrected chi connectivity index (χ2v) is 8.12. The first-order chi connectivity index (χ1) is 14.9. The van der Waals surface area contributed by atoms with E-state index >= 15 is 0 Å². The minimum absolute atomic E-state index is 0.180. The predicted molar refractivity (Wildman–Crippen MR) is 127 cm³/mol. The Balaban J connectivity index is 1.54. The monoisotopic (exact) mass is 449 g/mol. The van der Waals surface area contributed by atoms with Gasteiger partial charge in [-0.05, 0) is 49.2 Å². The molecule has 0 aliphatic carbocycles.